The number of amides is 1. The van der Waals surface area contributed by atoms with Crippen molar-refractivity contribution in [1.82, 2.24) is 9.88 Å². The summed E-state index contributed by atoms with van der Waals surface area (Å²) < 4.78 is 33.2. The summed E-state index contributed by atoms with van der Waals surface area (Å²) in [6, 6.07) is 15.7. The molecule has 0 aliphatic carbocycles. The molecule has 1 aliphatic rings. The summed E-state index contributed by atoms with van der Waals surface area (Å²) in [6.45, 7) is 3.16. The second kappa shape index (κ2) is 9.79. The highest BCUT2D eigenvalue weighted by atomic mass is 32.2. The third kappa shape index (κ3) is 4.85. The van der Waals surface area contributed by atoms with Crippen LogP contribution in [0.4, 0.5) is 11.6 Å². The van der Waals surface area contributed by atoms with E-state index < -0.39 is 14.8 Å². The number of piperazine rings is 1. The molecular formula is C25H22N4O6S2. The molecule has 5 rings (SSSR count). The summed E-state index contributed by atoms with van der Waals surface area (Å²) in [5.74, 6) is 0.116. The number of anilines is 1. The molecule has 2 aromatic carbocycles. The summed E-state index contributed by atoms with van der Waals surface area (Å²) in [7, 11) is -3.97. The van der Waals surface area contributed by atoms with Gasteiger partial charge in [-0.15, -0.1) is 11.3 Å². The Bertz CT molecular complexity index is 1540. The lowest BCUT2D eigenvalue weighted by molar-refractivity contribution is -0.384. The van der Waals surface area contributed by atoms with Gasteiger partial charge < -0.3 is 14.2 Å². The summed E-state index contributed by atoms with van der Waals surface area (Å²) in [5.41, 5.74) is 1.20. The van der Waals surface area contributed by atoms with Crippen LogP contribution in [-0.2, 0) is 9.84 Å². The summed E-state index contributed by atoms with van der Waals surface area (Å²) in [6.07, 6.45) is 0. The fraction of sp³-hybridized carbons (Fsp3) is 0.200. The van der Waals surface area contributed by atoms with E-state index >= 15 is 0 Å². The zero-order valence-electron chi connectivity index (χ0n) is 19.7. The van der Waals surface area contributed by atoms with Crippen molar-refractivity contribution in [2.24, 2.45) is 0 Å². The van der Waals surface area contributed by atoms with Crippen molar-refractivity contribution in [3.8, 4) is 10.8 Å². The number of non-ortho nitro benzene ring substituents is 1. The molecule has 10 nitrogen and oxygen atoms in total. The van der Waals surface area contributed by atoms with Gasteiger partial charge >= 0.3 is 0 Å². The third-order valence-corrected chi connectivity index (χ3v) is 8.60. The smallest absolute Gasteiger partial charge is 0.269 e. The van der Waals surface area contributed by atoms with Crippen molar-refractivity contribution in [1.29, 1.82) is 0 Å². The number of oxazole rings is 1. The zero-order valence-corrected chi connectivity index (χ0v) is 21.4. The van der Waals surface area contributed by atoms with Gasteiger partial charge in [0.2, 0.25) is 26.6 Å². The molecule has 0 radical (unpaired) electrons. The molecule has 3 heterocycles. The number of aromatic nitrogens is 1. The number of hydrogen-bond acceptors (Lipinski definition) is 9. The van der Waals surface area contributed by atoms with Gasteiger partial charge in [-0.3, -0.25) is 14.9 Å². The van der Waals surface area contributed by atoms with Crippen LogP contribution in [0.1, 0.15) is 15.9 Å². The minimum atomic E-state index is -3.97. The second-order valence-electron chi connectivity index (χ2n) is 8.51. The van der Waals surface area contributed by atoms with E-state index in [-0.39, 0.29) is 33.3 Å². The van der Waals surface area contributed by atoms with Gasteiger partial charge in [0, 0.05) is 43.9 Å². The molecule has 0 spiro atoms. The van der Waals surface area contributed by atoms with Gasteiger partial charge in [0.1, 0.15) is 0 Å². The van der Waals surface area contributed by atoms with Gasteiger partial charge in [-0.05, 0) is 42.6 Å². The Balaban J connectivity index is 1.41. The van der Waals surface area contributed by atoms with Crippen molar-refractivity contribution in [3.63, 3.8) is 0 Å². The Kier molecular flexibility index (Phi) is 6.52. The number of nitro groups is 1. The fourth-order valence-electron chi connectivity index (χ4n) is 4.03. The Hall–Kier alpha value is -4.03. The molecule has 0 N–H and O–H groups in total. The predicted octanol–water partition coefficient (Wildman–Crippen LogP) is 4.41. The van der Waals surface area contributed by atoms with E-state index in [9.17, 15) is 23.3 Å². The number of nitro benzene ring substituents is 1. The van der Waals surface area contributed by atoms with Crippen LogP contribution < -0.4 is 4.90 Å². The Morgan fingerprint density at radius 2 is 1.70 bits per heavy atom. The first kappa shape index (κ1) is 24.7. The van der Waals surface area contributed by atoms with Crippen molar-refractivity contribution in [3.05, 3.63) is 87.3 Å². The zero-order chi connectivity index (χ0) is 26.2. The SMILES string of the molecule is Cc1ccc(S(=O)(=O)c2nc(-c3cccs3)oc2N2CCN(C(=O)c3ccc([N+](=O)[O-])cc3)CC2)cc1. The highest BCUT2D eigenvalue weighted by Gasteiger charge is 2.33. The average molecular weight is 539 g/mol. The number of sulfone groups is 1. The molecule has 190 valence electrons. The Morgan fingerprint density at radius 1 is 1.03 bits per heavy atom. The number of hydrogen-bond donors (Lipinski definition) is 0. The van der Waals surface area contributed by atoms with Crippen LogP contribution in [0, 0.1) is 17.0 Å². The van der Waals surface area contributed by atoms with Gasteiger partial charge in [0.25, 0.3) is 11.6 Å². The van der Waals surface area contributed by atoms with E-state index in [2.05, 4.69) is 4.98 Å². The van der Waals surface area contributed by atoms with Crippen LogP contribution in [0.25, 0.3) is 10.8 Å². The molecule has 4 aromatic rings. The van der Waals surface area contributed by atoms with Crippen LogP contribution >= 0.6 is 11.3 Å². The minimum Gasteiger partial charge on any atom is -0.418 e. The quantitative estimate of drug-likeness (QED) is 0.261. The molecule has 1 aliphatic heterocycles. The van der Waals surface area contributed by atoms with Crippen molar-refractivity contribution >= 4 is 38.7 Å². The van der Waals surface area contributed by atoms with Gasteiger partial charge in [-0.1, -0.05) is 23.8 Å². The standard InChI is InChI=1S/C25H22N4O6S2/c1-17-4-10-20(11-5-17)37(33,34)23-25(35-22(26-23)21-3-2-16-36-21)28-14-12-27(13-15-28)24(30)18-6-8-19(9-7-18)29(31)32/h2-11,16H,12-15H2,1H3. The first-order valence-electron chi connectivity index (χ1n) is 11.4. The van der Waals surface area contributed by atoms with Crippen molar-refractivity contribution in [2.75, 3.05) is 31.1 Å². The van der Waals surface area contributed by atoms with Gasteiger partial charge in [-0.2, -0.15) is 4.98 Å². The van der Waals surface area contributed by atoms with E-state index in [1.807, 2.05) is 24.4 Å². The molecular weight excluding hydrogens is 516 g/mol. The highest BCUT2D eigenvalue weighted by molar-refractivity contribution is 7.91. The van der Waals surface area contributed by atoms with E-state index in [1.165, 1.54) is 35.6 Å². The van der Waals surface area contributed by atoms with Gasteiger partial charge in [-0.25, -0.2) is 8.42 Å². The molecule has 12 heteroatoms. The molecule has 0 atom stereocenters. The Labute approximate surface area is 216 Å². The lowest BCUT2D eigenvalue weighted by Gasteiger charge is -2.34. The average Bonchev–Trinajstić information content (AvgIpc) is 3.60. The van der Waals surface area contributed by atoms with Crippen LogP contribution in [0.5, 0.6) is 0 Å². The topological polar surface area (TPSA) is 127 Å². The summed E-state index contributed by atoms with van der Waals surface area (Å²) in [5, 5.41) is 12.6. The molecule has 0 unspecified atom stereocenters. The molecule has 2 aromatic heterocycles. The van der Waals surface area contributed by atoms with Gasteiger partial charge in [0.05, 0.1) is 14.7 Å². The highest BCUT2D eigenvalue weighted by Crippen LogP contribution is 2.36. The number of nitrogens with zero attached hydrogens (tertiary/aromatic N) is 4. The molecule has 1 amide bonds. The fourth-order valence-corrected chi connectivity index (χ4v) is 6.00. The number of benzene rings is 2. The van der Waals surface area contributed by atoms with Crippen LogP contribution in [0.15, 0.2) is 80.4 Å². The minimum absolute atomic E-state index is 0.0875. The van der Waals surface area contributed by atoms with Crippen molar-refractivity contribution < 1.29 is 22.6 Å². The summed E-state index contributed by atoms with van der Waals surface area (Å²) >= 11 is 1.39. The van der Waals surface area contributed by atoms with E-state index in [0.717, 1.165) is 5.56 Å². The maximum Gasteiger partial charge on any atom is 0.269 e. The first-order chi connectivity index (χ1) is 17.7. The number of rotatable bonds is 6. The third-order valence-electron chi connectivity index (χ3n) is 6.08. The van der Waals surface area contributed by atoms with Crippen molar-refractivity contribution in [2.45, 2.75) is 16.8 Å². The monoisotopic (exact) mass is 538 g/mol. The van der Waals surface area contributed by atoms with E-state index in [4.69, 9.17) is 4.42 Å². The van der Waals surface area contributed by atoms with Gasteiger partial charge in [0.15, 0.2) is 0 Å². The van der Waals surface area contributed by atoms with E-state index in [1.54, 1.807) is 34.1 Å². The van der Waals surface area contributed by atoms with E-state index in [0.29, 0.717) is 36.6 Å². The maximum atomic E-state index is 13.6. The molecule has 0 bridgehead atoms. The van der Waals surface area contributed by atoms with Crippen LogP contribution in [-0.4, -0.2) is 55.3 Å². The predicted molar refractivity (Wildman–Crippen MR) is 138 cm³/mol. The normalized spacial score (nSPS) is 14.1. The number of aryl methyl sites for hydroxylation is 1. The first-order valence-corrected chi connectivity index (χ1v) is 13.8. The maximum absolute atomic E-state index is 13.6. The molecule has 1 saturated heterocycles. The largest absolute Gasteiger partial charge is 0.418 e. The number of carbonyl (C=O) groups is 1. The molecule has 37 heavy (non-hydrogen) atoms. The Morgan fingerprint density at radius 3 is 2.30 bits per heavy atom. The second-order valence-corrected chi connectivity index (χ2v) is 11.3. The van der Waals surface area contributed by atoms with Crippen LogP contribution in [0.2, 0.25) is 0 Å². The molecule has 1 fully saturated rings. The lowest BCUT2D eigenvalue weighted by atomic mass is 10.1. The number of carbonyl (C=O) groups excluding carboxylic acids is 1. The number of thiophene rings is 1. The summed E-state index contributed by atoms with van der Waals surface area (Å²) in [4.78, 5) is 31.9. The molecule has 0 saturated carbocycles. The van der Waals surface area contributed by atoms with Crippen LogP contribution in [0.3, 0.4) is 0 Å². The lowest BCUT2D eigenvalue weighted by Crippen LogP contribution is -2.49.